The number of aliphatic hydroxyl groups excluding tert-OH is 2. The largest absolute Gasteiger partial charge is 0.466 e. The second kappa shape index (κ2) is 75.8. The molecule has 510 valence electrons. The molecule has 0 rings (SSSR count). The SMILES string of the molecule is CCCCCCCCCCCCCCCCCCCCCCCCC/C=C/C(O)C(CO)NC(=O)CCCCCCCCCCCCCCCCCC/C=C\CCCCCCCCCCCCCCOC(=O)CCCCCCCCCCCCCC. The Bertz CT molecular complexity index is 1350. The fourth-order valence-corrected chi connectivity index (χ4v) is 12.7. The van der Waals surface area contributed by atoms with E-state index in [4.69, 9.17) is 4.74 Å². The molecule has 0 radical (unpaired) electrons. The number of rotatable bonds is 75. The Hall–Kier alpha value is -1.66. The number of esters is 1. The first kappa shape index (κ1) is 84.3. The van der Waals surface area contributed by atoms with Crippen molar-refractivity contribution >= 4 is 11.9 Å². The number of unbranched alkanes of at least 4 members (excludes halogenated alkanes) is 62. The van der Waals surface area contributed by atoms with Crippen LogP contribution in [0.4, 0.5) is 0 Å². The van der Waals surface area contributed by atoms with Crippen molar-refractivity contribution < 1.29 is 24.5 Å². The van der Waals surface area contributed by atoms with Gasteiger partial charge in [0, 0.05) is 12.8 Å². The van der Waals surface area contributed by atoms with Crippen molar-refractivity contribution in [3.8, 4) is 0 Å². The van der Waals surface area contributed by atoms with E-state index in [0.717, 1.165) is 38.5 Å². The molecule has 0 heterocycles. The Morgan fingerprint density at radius 1 is 0.314 bits per heavy atom. The first-order valence-electron chi connectivity index (χ1n) is 39.6. The molecule has 3 N–H and O–H groups in total. The lowest BCUT2D eigenvalue weighted by atomic mass is 10.0. The number of ether oxygens (including phenoxy) is 1. The third kappa shape index (κ3) is 71.4. The fourth-order valence-electron chi connectivity index (χ4n) is 12.7. The molecule has 0 spiro atoms. The minimum atomic E-state index is -0.844. The van der Waals surface area contributed by atoms with Crippen LogP contribution in [0.15, 0.2) is 24.3 Å². The smallest absolute Gasteiger partial charge is 0.305 e. The summed E-state index contributed by atoms with van der Waals surface area (Å²) in [6.45, 7) is 4.96. The molecule has 0 aliphatic rings. The van der Waals surface area contributed by atoms with E-state index in [1.165, 1.54) is 385 Å². The second-order valence-electron chi connectivity index (χ2n) is 27.4. The van der Waals surface area contributed by atoms with Crippen molar-refractivity contribution in [2.24, 2.45) is 0 Å². The lowest BCUT2D eigenvalue weighted by molar-refractivity contribution is -0.143. The highest BCUT2D eigenvalue weighted by Gasteiger charge is 2.18. The van der Waals surface area contributed by atoms with Gasteiger partial charge in [-0.25, -0.2) is 0 Å². The number of carbonyl (C=O) groups excluding carboxylic acids is 2. The molecule has 0 aromatic carbocycles. The first-order valence-corrected chi connectivity index (χ1v) is 39.6. The van der Waals surface area contributed by atoms with Gasteiger partial charge < -0.3 is 20.3 Å². The third-order valence-electron chi connectivity index (χ3n) is 18.7. The van der Waals surface area contributed by atoms with E-state index in [1.54, 1.807) is 6.08 Å². The van der Waals surface area contributed by atoms with Crippen LogP contribution in [0.1, 0.15) is 450 Å². The van der Waals surface area contributed by atoms with E-state index in [1.807, 2.05) is 6.08 Å². The van der Waals surface area contributed by atoms with Gasteiger partial charge in [-0.1, -0.05) is 404 Å². The van der Waals surface area contributed by atoms with Crippen molar-refractivity contribution in [2.75, 3.05) is 13.2 Å². The summed E-state index contributed by atoms with van der Waals surface area (Å²) in [4.78, 5) is 24.6. The molecule has 0 bridgehead atoms. The van der Waals surface area contributed by atoms with Crippen LogP contribution in [-0.2, 0) is 14.3 Å². The highest BCUT2D eigenvalue weighted by Crippen LogP contribution is 2.20. The van der Waals surface area contributed by atoms with Gasteiger partial charge in [-0.2, -0.15) is 0 Å². The minimum absolute atomic E-state index is 0.0196. The van der Waals surface area contributed by atoms with E-state index in [-0.39, 0.29) is 18.5 Å². The van der Waals surface area contributed by atoms with Crippen LogP contribution >= 0.6 is 0 Å². The molecule has 0 aromatic rings. The van der Waals surface area contributed by atoms with Gasteiger partial charge in [0.25, 0.3) is 0 Å². The fraction of sp³-hybridized carbons (Fsp3) is 0.925. The highest BCUT2D eigenvalue weighted by atomic mass is 16.5. The van der Waals surface area contributed by atoms with Crippen molar-refractivity contribution in [3.63, 3.8) is 0 Å². The normalized spacial score (nSPS) is 12.6. The summed E-state index contributed by atoms with van der Waals surface area (Å²) in [5.74, 6) is -0.0403. The predicted molar refractivity (Wildman–Crippen MR) is 380 cm³/mol. The number of aliphatic hydroxyl groups is 2. The number of amides is 1. The summed E-state index contributed by atoms with van der Waals surface area (Å²) in [5.41, 5.74) is 0. The van der Waals surface area contributed by atoms with Crippen LogP contribution < -0.4 is 5.32 Å². The molecule has 0 aliphatic heterocycles. The number of hydrogen-bond donors (Lipinski definition) is 3. The Labute approximate surface area is 539 Å². The number of hydrogen-bond acceptors (Lipinski definition) is 5. The Balaban J connectivity index is 3.38. The topological polar surface area (TPSA) is 95.9 Å². The molecule has 86 heavy (non-hydrogen) atoms. The van der Waals surface area contributed by atoms with Crippen molar-refractivity contribution in [1.82, 2.24) is 5.32 Å². The van der Waals surface area contributed by atoms with E-state index in [9.17, 15) is 19.8 Å². The maximum Gasteiger partial charge on any atom is 0.305 e. The summed E-state index contributed by atoms with van der Waals surface area (Å²) >= 11 is 0. The maximum absolute atomic E-state index is 12.6. The molecule has 6 heteroatoms. The summed E-state index contributed by atoms with van der Waals surface area (Å²) in [7, 11) is 0. The average molecular weight is 1210 g/mol. The molecule has 0 saturated carbocycles. The lowest BCUT2D eigenvalue weighted by Gasteiger charge is -2.20. The van der Waals surface area contributed by atoms with Crippen LogP contribution in [0.2, 0.25) is 0 Å². The van der Waals surface area contributed by atoms with E-state index < -0.39 is 12.1 Å². The summed E-state index contributed by atoms with van der Waals surface area (Å²) in [6.07, 6.45) is 97.3. The number of nitrogens with one attached hydrogen (secondary N) is 1. The van der Waals surface area contributed by atoms with Gasteiger partial charge in [0.2, 0.25) is 5.91 Å². The molecular formula is C80H155NO5. The molecule has 1 amide bonds. The van der Waals surface area contributed by atoms with Gasteiger partial charge in [0.15, 0.2) is 0 Å². The van der Waals surface area contributed by atoms with Gasteiger partial charge in [-0.15, -0.1) is 0 Å². The second-order valence-corrected chi connectivity index (χ2v) is 27.4. The molecule has 6 nitrogen and oxygen atoms in total. The summed E-state index contributed by atoms with van der Waals surface area (Å²) in [5, 5.41) is 23.3. The van der Waals surface area contributed by atoms with Gasteiger partial charge in [-0.05, 0) is 57.8 Å². The predicted octanol–water partition coefficient (Wildman–Crippen LogP) is 26.0. The summed E-state index contributed by atoms with van der Waals surface area (Å²) < 4.78 is 5.49. The van der Waals surface area contributed by atoms with E-state index in [2.05, 4.69) is 31.3 Å². The van der Waals surface area contributed by atoms with Crippen LogP contribution in [0.25, 0.3) is 0 Å². The van der Waals surface area contributed by atoms with Crippen LogP contribution in [0, 0.1) is 0 Å². The molecule has 2 unspecified atom stereocenters. The Morgan fingerprint density at radius 2 is 0.547 bits per heavy atom. The highest BCUT2D eigenvalue weighted by molar-refractivity contribution is 5.76. The minimum Gasteiger partial charge on any atom is -0.466 e. The molecule has 0 aromatic heterocycles. The first-order chi connectivity index (χ1) is 42.5. The van der Waals surface area contributed by atoms with Crippen molar-refractivity contribution in [2.45, 2.75) is 463 Å². The van der Waals surface area contributed by atoms with Gasteiger partial charge in [0.1, 0.15) is 0 Å². The van der Waals surface area contributed by atoms with Gasteiger partial charge in [0.05, 0.1) is 25.4 Å². The van der Waals surface area contributed by atoms with Crippen molar-refractivity contribution in [3.05, 3.63) is 24.3 Å². The maximum atomic E-state index is 12.6. The zero-order chi connectivity index (χ0) is 62.0. The Kier molecular flexibility index (Phi) is 74.3. The average Bonchev–Trinajstić information content (AvgIpc) is 3.59. The van der Waals surface area contributed by atoms with E-state index >= 15 is 0 Å². The third-order valence-corrected chi connectivity index (χ3v) is 18.7. The standard InChI is InChI=1S/C80H155NO5/c1-3-5-7-9-11-13-15-17-18-19-20-21-22-31-34-37-40-43-46-49-52-56-60-64-68-72-78(83)77(76-82)81-79(84)73-69-65-61-57-53-50-47-44-41-38-35-32-29-27-25-23-24-26-28-30-33-36-39-42-45-48-51-55-59-63-67-71-75-86-80(85)74-70-66-62-58-54-16-14-12-10-8-6-4-2/h26,28,68,72,77-78,82-83H,3-25,27,29-67,69-71,73-76H2,1-2H3,(H,81,84)/b28-26-,72-68+. The van der Waals surface area contributed by atoms with Crippen molar-refractivity contribution in [1.29, 1.82) is 0 Å². The van der Waals surface area contributed by atoms with Gasteiger partial charge >= 0.3 is 5.97 Å². The van der Waals surface area contributed by atoms with Crippen LogP contribution in [-0.4, -0.2) is 47.4 Å². The number of carbonyl (C=O) groups is 2. The molecular weight excluding hydrogens is 1050 g/mol. The zero-order valence-corrected chi connectivity index (χ0v) is 58.6. The van der Waals surface area contributed by atoms with Gasteiger partial charge in [-0.3, -0.25) is 9.59 Å². The number of allylic oxidation sites excluding steroid dienone is 3. The lowest BCUT2D eigenvalue weighted by Crippen LogP contribution is -2.45. The zero-order valence-electron chi connectivity index (χ0n) is 58.6. The molecule has 2 atom stereocenters. The van der Waals surface area contributed by atoms with Crippen LogP contribution in [0.5, 0.6) is 0 Å². The molecule has 0 saturated heterocycles. The van der Waals surface area contributed by atoms with Crippen LogP contribution in [0.3, 0.4) is 0 Å². The summed E-state index contributed by atoms with van der Waals surface area (Å²) in [6, 6.07) is -0.627. The Morgan fingerprint density at radius 3 is 0.826 bits per heavy atom. The monoisotopic (exact) mass is 1210 g/mol. The van der Waals surface area contributed by atoms with E-state index in [0.29, 0.717) is 19.4 Å². The quantitative estimate of drug-likeness (QED) is 0.0320. The molecule has 0 fully saturated rings. The molecule has 0 aliphatic carbocycles.